The molecule has 18 heavy (non-hydrogen) atoms. The third-order valence-electron chi connectivity index (χ3n) is 2.22. The first-order valence-corrected chi connectivity index (χ1v) is 8.39. The van der Waals surface area contributed by atoms with E-state index in [1.807, 2.05) is 13.8 Å². The first-order valence-electron chi connectivity index (χ1n) is 4.89. The minimum absolute atomic E-state index is 0.123. The molecule has 0 saturated carbocycles. The van der Waals surface area contributed by atoms with E-state index in [2.05, 4.69) is 14.7 Å². The molecule has 0 aromatic carbocycles. The summed E-state index contributed by atoms with van der Waals surface area (Å²) in [6.45, 7) is 5.33. The first kappa shape index (κ1) is 13.7. The molecule has 0 bridgehead atoms. The van der Waals surface area contributed by atoms with Gasteiger partial charge in [-0.15, -0.1) is 11.3 Å². The number of halogens is 1. The van der Waals surface area contributed by atoms with Crippen LogP contribution < -0.4 is 4.72 Å². The molecule has 0 amide bonds. The molecule has 0 atom stereocenters. The summed E-state index contributed by atoms with van der Waals surface area (Å²) in [6.07, 6.45) is 0. The lowest BCUT2D eigenvalue weighted by Crippen LogP contribution is -2.12. The highest BCUT2D eigenvalue weighted by Crippen LogP contribution is 2.30. The number of rotatable bonds is 3. The number of aryl methyl sites for hydroxylation is 3. The lowest BCUT2D eigenvalue weighted by atomic mass is 10.4. The number of hydrogen-bond donors (Lipinski definition) is 1. The molecule has 9 heteroatoms. The summed E-state index contributed by atoms with van der Waals surface area (Å²) in [5, 5.41) is 0.355. The van der Waals surface area contributed by atoms with Gasteiger partial charge < -0.3 is 0 Å². The molecule has 2 heterocycles. The Morgan fingerprint density at radius 3 is 2.22 bits per heavy atom. The number of aromatic nitrogens is 2. The largest absolute Gasteiger partial charge is 0.275 e. The van der Waals surface area contributed by atoms with Crippen LogP contribution in [0, 0.1) is 20.8 Å². The van der Waals surface area contributed by atoms with Crippen molar-refractivity contribution in [3.05, 3.63) is 20.7 Å². The minimum atomic E-state index is -3.66. The second-order valence-corrected chi connectivity index (χ2v) is 8.27. The Morgan fingerprint density at radius 2 is 1.78 bits per heavy atom. The lowest BCUT2D eigenvalue weighted by molar-refractivity contribution is 0.602. The van der Waals surface area contributed by atoms with Crippen molar-refractivity contribution >= 4 is 49.4 Å². The lowest BCUT2D eigenvalue weighted by Gasteiger charge is -2.02. The average Bonchev–Trinajstić information content (AvgIpc) is 2.70. The van der Waals surface area contributed by atoms with Gasteiger partial charge in [-0.25, -0.2) is 18.4 Å². The van der Waals surface area contributed by atoms with Crippen molar-refractivity contribution in [1.82, 2.24) is 9.97 Å². The van der Waals surface area contributed by atoms with Gasteiger partial charge in [0, 0.05) is 4.88 Å². The van der Waals surface area contributed by atoms with Crippen LogP contribution in [0.3, 0.4) is 0 Å². The predicted octanol–water partition coefficient (Wildman–Crippen LogP) is 2.98. The van der Waals surface area contributed by atoms with Crippen molar-refractivity contribution in [3.8, 4) is 0 Å². The van der Waals surface area contributed by atoms with Crippen LogP contribution >= 0.6 is 34.3 Å². The summed E-state index contributed by atoms with van der Waals surface area (Å²) in [5.41, 5.74) is 1.21. The zero-order chi connectivity index (χ0) is 13.5. The monoisotopic (exact) mass is 323 g/mol. The fraction of sp³-hybridized carbons (Fsp3) is 0.333. The van der Waals surface area contributed by atoms with Gasteiger partial charge in [-0.3, -0.25) is 4.72 Å². The molecule has 5 nitrogen and oxygen atoms in total. The van der Waals surface area contributed by atoms with E-state index in [0.29, 0.717) is 10.8 Å². The third kappa shape index (κ3) is 2.66. The van der Waals surface area contributed by atoms with E-state index < -0.39 is 10.0 Å². The zero-order valence-corrected chi connectivity index (χ0v) is 13.0. The Morgan fingerprint density at radius 1 is 1.11 bits per heavy atom. The molecule has 0 unspecified atom stereocenters. The van der Waals surface area contributed by atoms with E-state index in [1.165, 1.54) is 11.3 Å². The predicted molar refractivity (Wildman–Crippen MR) is 74.3 cm³/mol. The quantitative estimate of drug-likeness (QED) is 0.942. The van der Waals surface area contributed by atoms with Gasteiger partial charge in [0.1, 0.15) is 0 Å². The van der Waals surface area contributed by atoms with Crippen molar-refractivity contribution in [2.45, 2.75) is 25.0 Å². The smallest absolute Gasteiger partial charge is 0.254 e. The number of anilines is 1. The second-order valence-electron chi connectivity index (χ2n) is 3.61. The van der Waals surface area contributed by atoms with Crippen LogP contribution in [-0.4, -0.2) is 18.4 Å². The standard InChI is InChI=1S/C9H10ClN3O2S3/c1-4-6(3)16-9(12-4)13-18(14,15)7-5(2)11-8(10)17-7/h1-3H3,(H,12,13). The maximum Gasteiger partial charge on any atom is 0.275 e. The molecule has 98 valence electrons. The topological polar surface area (TPSA) is 72.0 Å². The Balaban J connectivity index is 2.35. The summed E-state index contributed by atoms with van der Waals surface area (Å²) in [5.74, 6) is 0. The molecule has 2 aromatic heterocycles. The summed E-state index contributed by atoms with van der Waals surface area (Å²) in [4.78, 5) is 9.00. The second kappa shape index (κ2) is 4.76. The highest BCUT2D eigenvalue weighted by atomic mass is 35.5. The molecule has 1 N–H and O–H groups in total. The number of thiazole rings is 2. The van der Waals surface area contributed by atoms with E-state index in [9.17, 15) is 8.42 Å². The first-order chi connectivity index (χ1) is 8.29. The van der Waals surface area contributed by atoms with Crippen LogP contribution in [0.15, 0.2) is 4.21 Å². The average molecular weight is 324 g/mol. The minimum Gasteiger partial charge on any atom is -0.254 e. The highest BCUT2D eigenvalue weighted by Gasteiger charge is 2.22. The zero-order valence-electron chi connectivity index (χ0n) is 9.81. The number of hydrogen-bond acceptors (Lipinski definition) is 6. The van der Waals surface area contributed by atoms with Crippen LogP contribution in [0.1, 0.15) is 16.3 Å². The van der Waals surface area contributed by atoms with E-state index in [0.717, 1.165) is 21.9 Å². The molecule has 0 spiro atoms. The van der Waals surface area contributed by atoms with Crippen LogP contribution in [-0.2, 0) is 10.0 Å². The number of sulfonamides is 1. The van der Waals surface area contributed by atoms with Gasteiger partial charge in [0.2, 0.25) is 0 Å². The summed E-state index contributed by atoms with van der Waals surface area (Å²) < 4.78 is 27.0. The van der Waals surface area contributed by atoms with Crippen molar-refractivity contribution in [1.29, 1.82) is 0 Å². The summed E-state index contributed by atoms with van der Waals surface area (Å²) in [6, 6.07) is 0. The summed E-state index contributed by atoms with van der Waals surface area (Å²) >= 11 is 7.94. The van der Waals surface area contributed by atoms with Crippen LogP contribution in [0.25, 0.3) is 0 Å². The molecular weight excluding hydrogens is 314 g/mol. The molecular formula is C9H10ClN3O2S3. The molecule has 0 radical (unpaired) electrons. The van der Waals surface area contributed by atoms with E-state index in [4.69, 9.17) is 11.6 Å². The fourth-order valence-electron chi connectivity index (χ4n) is 1.28. The van der Waals surface area contributed by atoms with Crippen molar-refractivity contribution in [3.63, 3.8) is 0 Å². The van der Waals surface area contributed by atoms with E-state index >= 15 is 0 Å². The SMILES string of the molecule is Cc1nc(NS(=O)(=O)c2sc(Cl)nc2C)sc1C. The Hall–Kier alpha value is -0.700. The molecule has 0 fully saturated rings. The van der Waals surface area contributed by atoms with Gasteiger partial charge in [0.05, 0.1) is 11.4 Å². The maximum atomic E-state index is 12.1. The van der Waals surface area contributed by atoms with Gasteiger partial charge in [-0.2, -0.15) is 0 Å². The van der Waals surface area contributed by atoms with Gasteiger partial charge in [0.25, 0.3) is 10.0 Å². The molecule has 0 aliphatic carbocycles. The fourth-order valence-corrected chi connectivity index (χ4v) is 5.07. The van der Waals surface area contributed by atoms with Gasteiger partial charge in [0.15, 0.2) is 13.8 Å². The normalized spacial score (nSPS) is 11.8. The van der Waals surface area contributed by atoms with Gasteiger partial charge in [-0.05, 0) is 20.8 Å². The number of nitrogens with one attached hydrogen (secondary N) is 1. The van der Waals surface area contributed by atoms with Gasteiger partial charge in [-0.1, -0.05) is 22.9 Å². The van der Waals surface area contributed by atoms with Gasteiger partial charge >= 0.3 is 0 Å². The van der Waals surface area contributed by atoms with Crippen LogP contribution in [0.4, 0.5) is 5.13 Å². The maximum absolute atomic E-state index is 12.1. The van der Waals surface area contributed by atoms with Crippen LogP contribution in [0.2, 0.25) is 4.47 Å². The Kier molecular flexibility index (Phi) is 3.63. The molecule has 2 rings (SSSR count). The van der Waals surface area contributed by atoms with Crippen molar-refractivity contribution in [2.75, 3.05) is 4.72 Å². The Labute approximate surface area is 118 Å². The molecule has 0 saturated heterocycles. The molecule has 0 aliphatic heterocycles. The molecule has 2 aromatic rings. The Bertz CT molecular complexity index is 670. The third-order valence-corrected chi connectivity index (χ3v) is 6.55. The number of nitrogens with zero attached hydrogens (tertiary/aromatic N) is 2. The molecule has 0 aliphatic rings. The highest BCUT2D eigenvalue weighted by molar-refractivity contribution is 7.95. The summed E-state index contributed by atoms with van der Waals surface area (Å²) in [7, 11) is -3.66. The van der Waals surface area contributed by atoms with Crippen LogP contribution in [0.5, 0.6) is 0 Å². The van der Waals surface area contributed by atoms with Crippen molar-refractivity contribution < 1.29 is 8.42 Å². The van der Waals surface area contributed by atoms with E-state index in [-0.39, 0.29) is 8.68 Å². The van der Waals surface area contributed by atoms with E-state index in [1.54, 1.807) is 6.92 Å². The van der Waals surface area contributed by atoms with Crippen molar-refractivity contribution in [2.24, 2.45) is 0 Å².